The van der Waals surface area contributed by atoms with Crippen molar-refractivity contribution < 1.29 is 23.1 Å². The van der Waals surface area contributed by atoms with Crippen LogP contribution in [-0.4, -0.2) is 54.9 Å². The summed E-state index contributed by atoms with van der Waals surface area (Å²) in [5, 5.41) is 7.57. The maximum atomic E-state index is 12.0. The van der Waals surface area contributed by atoms with Gasteiger partial charge in [0.15, 0.2) is 9.84 Å². The van der Waals surface area contributed by atoms with E-state index in [-0.39, 0.29) is 18.7 Å². The fraction of sp³-hybridized carbons (Fsp3) is 0.818. The van der Waals surface area contributed by atoms with E-state index in [1.54, 1.807) is 0 Å². The second-order valence-corrected chi connectivity index (χ2v) is 6.91. The van der Waals surface area contributed by atoms with Gasteiger partial charge in [-0.05, 0) is 19.3 Å². The molecule has 0 spiro atoms. The Kier molecular flexibility index (Phi) is 5.13. The Morgan fingerprint density at radius 1 is 1.33 bits per heavy atom. The lowest BCUT2D eigenvalue weighted by Gasteiger charge is -2.26. The lowest BCUT2D eigenvalue weighted by molar-refractivity contribution is -0.138. The Bertz CT molecular complexity index is 417. The minimum Gasteiger partial charge on any atom is -0.481 e. The predicted octanol–water partition coefficient (Wildman–Crippen LogP) is 0.277. The molecule has 1 saturated heterocycles. The van der Waals surface area contributed by atoms with E-state index in [0.717, 1.165) is 6.42 Å². The lowest BCUT2D eigenvalue weighted by Crippen LogP contribution is -2.44. The third-order valence-corrected chi connectivity index (χ3v) is 5.28. The highest BCUT2D eigenvalue weighted by Gasteiger charge is 2.36. The van der Waals surface area contributed by atoms with Gasteiger partial charge >= 0.3 is 5.97 Å². The van der Waals surface area contributed by atoms with Crippen LogP contribution < -0.4 is 0 Å². The molecule has 1 unspecified atom stereocenters. The summed E-state index contributed by atoms with van der Waals surface area (Å²) in [4.78, 5) is 23.7. The number of carboxylic acid groups (broad SMARTS) is 1. The zero-order chi connectivity index (χ0) is 13.8. The van der Waals surface area contributed by atoms with Crippen LogP contribution in [-0.2, 0) is 19.4 Å². The van der Waals surface area contributed by atoms with E-state index in [4.69, 9.17) is 5.11 Å². The van der Waals surface area contributed by atoms with Gasteiger partial charge < -0.3 is 10.0 Å². The Balaban J connectivity index is 2.54. The smallest absolute Gasteiger partial charge is 0.303 e. The maximum absolute atomic E-state index is 12.0. The molecule has 6 nitrogen and oxygen atoms in total. The normalized spacial score (nSPS) is 22.4. The Labute approximate surface area is 107 Å². The van der Waals surface area contributed by atoms with Crippen molar-refractivity contribution in [1.29, 1.82) is 0 Å². The van der Waals surface area contributed by atoms with Gasteiger partial charge in [0.05, 0.1) is 5.75 Å². The zero-order valence-electron chi connectivity index (χ0n) is 10.5. The van der Waals surface area contributed by atoms with Gasteiger partial charge in [-0.15, -0.1) is 0 Å². The fourth-order valence-electron chi connectivity index (χ4n) is 2.06. The molecule has 1 aliphatic rings. The highest BCUT2D eigenvalue weighted by molar-refractivity contribution is 7.92. The molecular formula is C11H19NO5S. The molecule has 1 fully saturated rings. The Morgan fingerprint density at radius 3 is 2.56 bits per heavy atom. The monoisotopic (exact) mass is 277 g/mol. The summed E-state index contributed by atoms with van der Waals surface area (Å²) >= 11 is 0. The van der Waals surface area contributed by atoms with E-state index in [9.17, 15) is 18.0 Å². The molecule has 104 valence electrons. The standard InChI is InChI=1S/C11H19NO5S/c1-12(7-4-6-10(13)14)11(15)9-5-2-3-8-18(9,16)17/h9H,2-8H2,1H3,(H,13,14). The van der Waals surface area contributed by atoms with Crippen LogP contribution in [0.5, 0.6) is 0 Å². The Hall–Kier alpha value is -1.11. The molecule has 7 heteroatoms. The number of amides is 1. The first-order valence-electron chi connectivity index (χ1n) is 6.03. The largest absolute Gasteiger partial charge is 0.481 e. The molecule has 0 aromatic carbocycles. The van der Waals surface area contributed by atoms with Gasteiger partial charge in [0.1, 0.15) is 5.25 Å². The SMILES string of the molecule is CN(CCCC(=O)O)C(=O)C1CCCCS1(=O)=O. The highest BCUT2D eigenvalue weighted by atomic mass is 32.2. The quantitative estimate of drug-likeness (QED) is 0.779. The lowest BCUT2D eigenvalue weighted by atomic mass is 10.1. The van der Waals surface area contributed by atoms with Crippen LogP contribution in [0.4, 0.5) is 0 Å². The minimum absolute atomic E-state index is 0.0188. The second kappa shape index (κ2) is 6.17. The second-order valence-electron chi connectivity index (χ2n) is 4.61. The van der Waals surface area contributed by atoms with E-state index in [1.165, 1.54) is 11.9 Å². The van der Waals surface area contributed by atoms with Crippen molar-refractivity contribution in [2.24, 2.45) is 0 Å². The van der Waals surface area contributed by atoms with Gasteiger partial charge in [-0.25, -0.2) is 8.42 Å². The van der Waals surface area contributed by atoms with Crippen molar-refractivity contribution in [2.45, 2.75) is 37.4 Å². The molecular weight excluding hydrogens is 258 g/mol. The van der Waals surface area contributed by atoms with E-state index in [1.807, 2.05) is 0 Å². The molecule has 1 heterocycles. The topological polar surface area (TPSA) is 91.8 Å². The molecule has 0 saturated carbocycles. The summed E-state index contributed by atoms with van der Waals surface area (Å²) in [6, 6.07) is 0. The number of aliphatic carboxylic acids is 1. The van der Waals surface area contributed by atoms with Gasteiger partial charge in [-0.1, -0.05) is 6.42 Å². The summed E-state index contributed by atoms with van der Waals surface area (Å²) in [5.41, 5.74) is 0. The minimum atomic E-state index is -3.32. The third-order valence-electron chi connectivity index (χ3n) is 3.11. The van der Waals surface area contributed by atoms with Gasteiger partial charge in [0.2, 0.25) is 5.91 Å². The summed E-state index contributed by atoms with van der Waals surface area (Å²) in [6.45, 7) is 0.275. The van der Waals surface area contributed by atoms with Crippen LogP contribution in [0.3, 0.4) is 0 Å². The van der Waals surface area contributed by atoms with Gasteiger partial charge in [0.25, 0.3) is 0 Å². The average molecular weight is 277 g/mol. The van der Waals surface area contributed by atoms with Crippen molar-refractivity contribution in [3.63, 3.8) is 0 Å². The number of carbonyl (C=O) groups excluding carboxylic acids is 1. The van der Waals surface area contributed by atoms with E-state index in [2.05, 4.69) is 0 Å². The van der Waals surface area contributed by atoms with E-state index in [0.29, 0.717) is 19.3 Å². The van der Waals surface area contributed by atoms with Crippen LogP contribution in [0.25, 0.3) is 0 Å². The number of sulfone groups is 1. The molecule has 18 heavy (non-hydrogen) atoms. The molecule has 1 amide bonds. The number of carboxylic acids is 1. The van der Waals surface area contributed by atoms with Crippen LogP contribution in [0.1, 0.15) is 32.1 Å². The maximum Gasteiger partial charge on any atom is 0.303 e. The van der Waals surface area contributed by atoms with E-state index >= 15 is 0 Å². The first-order valence-corrected chi connectivity index (χ1v) is 7.74. The Morgan fingerprint density at radius 2 is 2.00 bits per heavy atom. The van der Waals surface area contributed by atoms with Crippen LogP contribution in [0, 0.1) is 0 Å². The molecule has 1 atom stereocenters. The molecule has 0 radical (unpaired) electrons. The molecule has 1 N–H and O–H groups in total. The number of hydrogen-bond donors (Lipinski definition) is 1. The molecule has 0 aliphatic carbocycles. The molecule has 1 rings (SSSR count). The fourth-order valence-corrected chi connectivity index (χ4v) is 3.96. The summed E-state index contributed by atoms with van der Waals surface area (Å²) in [5.74, 6) is -1.24. The van der Waals surface area contributed by atoms with Crippen molar-refractivity contribution in [3.05, 3.63) is 0 Å². The number of carbonyl (C=O) groups is 2. The molecule has 1 aliphatic heterocycles. The van der Waals surface area contributed by atoms with Crippen molar-refractivity contribution in [3.8, 4) is 0 Å². The molecule has 0 aromatic heterocycles. The van der Waals surface area contributed by atoms with Gasteiger partial charge in [-0.3, -0.25) is 9.59 Å². The predicted molar refractivity (Wildman–Crippen MR) is 65.9 cm³/mol. The van der Waals surface area contributed by atoms with Gasteiger partial charge in [0, 0.05) is 20.0 Å². The first-order chi connectivity index (χ1) is 8.34. The summed E-state index contributed by atoms with van der Waals surface area (Å²) in [6.07, 6.45) is 2.07. The third kappa shape index (κ3) is 3.97. The highest BCUT2D eigenvalue weighted by Crippen LogP contribution is 2.21. The number of rotatable bonds is 5. The average Bonchev–Trinajstić information content (AvgIpc) is 2.27. The van der Waals surface area contributed by atoms with Crippen molar-refractivity contribution in [1.82, 2.24) is 4.90 Å². The zero-order valence-corrected chi connectivity index (χ0v) is 11.3. The van der Waals surface area contributed by atoms with Crippen molar-refractivity contribution >= 4 is 21.7 Å². The molecule has 0 aromatic rings. The van der Waals surface area contributed by atoms with E-state index < -0.39 is 27.0 Å². The van der Waals surface area contributed by atoms with Crippen molar-refractivity contribution in [2.75, 3.05) is 19.3 Å². The summed E-state index contributed by atoms with van der Waals surface area (Å²) in [7, 11) is -1.79. The summed E-state index contributed by atoms with van der Waals surface area (Å²) < 4.78 is 23.5. The number of hydrogen-bond acceptors (Lipinski definition) is 4. The van der Waals surface area contributed by atoms with Crippen LogP contribution >= 0.6 is 0 Å². The number of nitrogens with zero attached hydrogens (tertiary/aromatic N) is 1. The van der Waals surface area contributed by atoms with Crippen LogP contribution in [0.15, 0.2) is 0 Å². The molecule has 0 bridgehead atoms. The van der Waals surface area contributed by atoms with Crippen LogP contribution in [0.2, 0.25) is 0 Å². The van der Waals surface area contributed by atoms with Gasteiger partial charge in [-0.2, -0.15) is 0 Å². The first kappa shape index (κ1) is 14.9.